The molecule has 0 aliphatic carbocycles. The van der Waals surface area contributed by atoms with Crippen molar-refractivity contribution < 1.29 is 77.0 Å². The summed E-state index contributed by atoms with van der Waals surface area (Å²) in [5.74, 6) is -2.00. The summed E-state index contributed by atoms with van der Waals surface area (Å²) in [7, 11) is -19.6. The van der Waals surface area contributed by atoms with Crippen molar-refractivity contribution in [3.63, 3.8) is 0 Å². The molecule has 11 rings (SSSR count). The van der Waals surface area contributed by atoms with Gasteiger partial charge in [-0.3, -0.25) is 18.2 Å². The maximum Gasteiger partial charge on any atom is 0.296 e. The van der Waals surface area contributed by atoms with E-state index >= 15 is 0 Å². The van der Waals surface area contributed by atoms with E-state index in [1.54, 1.807) is 56.3 Å². The largest absolute Gasteiger partial charge is 0.507 e. The Balaban J connectivity index is 0.895. The van der Waals surface area contributed by atoms with E-state index in [0.717, 1.165) is 30.3 Å². The van der Waals surface area contributed by atoms with E-state index in [2.05, 4.69) is 56.5 Å². The first-order chi connectivity index (χ1) is 44.6. The number of anilines is 2. The van der Waals surface area contributed by atoms with E-state index in [-0.39, 0.29) is 96.3 Å². The van der Waals surface area contributed by atoms with E-state index in [4.69, 9.17) is 4.74 Å². The monoisotopic (exact) mass is 1350 g/mol. The first kappa shape index (κ1) is 64.4. The predicted molar refractivity (Wildman–Crippen MR) is 346 cm³/mol. The molecule has 0 amide bonds. The molecule has 0 saturated carbocycles. The fourth-order valence-corrected chi connectivity index (χ4v) is 12.1. The summed E-state index contributed by atoms with van der Waals surface area (Å²) in [6, 6.07) is 40.1. The van der Waals surface area contributed by atoms with Crippen LogP contribution in [0.15, 0.2) is 241 Å². The zero-order chi connectivity index (χ0) is 67.0. The molecule has 0 fully saturated rings. The Morgan fingerprint density at radius 2 is 0.947 bits per heavy atom. The number of benzene rings is 11. The minimum atomic E-state index is -5.17. The second-order valence-corrected chi connectivity index (χ2v) is 26.2. The minimum Gasteiger partial charge on any atom is -0.507 e. The quantitative estimate of drug-likeness (QED) is 0.0268. The number of ether oxygens (including phenoxy) is 1. The Hall–Kier alpha value is -11.1. The number of phenolic OH excluding ortho intramolecular Hbond substituents is 4. The molecule has 94 heavy (non-hydrogen) atoms. The molecule has 0 heterocycles. The highest BCUT2D eigenvalue weighted by atomic mass is 32.2. The van der Waals surface area contributed by atoms with Crippen LogP contribution in [-0.4, -0.2) is 78.9 Å². The third-order valence-electron chi connectivity index (χ3n) is 14.2. The molecule has 0 spiro atoms. The molecule has 476 valence electrons. The minimum absolute atomic E-state index is 0.00506. The maximum absolute atomic E-state index is 13.1. The number of phenols is 4. The van der Waals surface area contributed by atoms with Gasteiger partial charge in [0.25, 0.3) is 40.5 Å². The fraction of sp³-hybridized carbons (Fsp3) is 0.0645. The van der Waals surface area contributed by atoms with Crippen molar-refractivity contribution in [3.8, 4) is 28.7 Å². The van der Waals surface area contributed by atoms with Crippen LogP contribution in [0, 0.1) is 6.92 Å². The molecule has 0 radical (unpaired) electrons. The Bertz CT molecular complexity index is 5600. The lowest BCUT2D eigenvalue weighted by molar-refractivity contribution is 0.318. The molecule has 0 aliphatic heterocycles. The van der Waals surface area contributed by atoms with Gasteiger partial charge in [0.1, 0.15) is 55.4 Å². The smallest absolute Gasteiger partial charge is 0.296 e. The van der Waals surface area contributed by atoms with Crippen molar-refractivity contribution in [2.45, 2.75) is 39.9 Å². The maximum atomic E-state index is 13.1. The molecule has 0 unspecified atom stereocenters. The Kier molecular flexibility index (Phi) is 17.5. The second-order valence-electron chi connectivity index (χ2n) is 20.6. The number of aryl methyl sites for hydroxylation is 1. The number of azo groups is 5. The highest BCUT2D eigenvalue weighted by Crippen LogP contribution is 2.48. The van der Waals surface area contributed by atoms with Crippen LogP contribution in [0.25, 0.3) is 43.1 Å². The van der Waals surface area contributed by atoms with Crippen LogP contribution in [0.1, 0.15) is 18.9 Å². The van der Waals surface area contributed by atoms with Gasteiger partial charge in [-0.05, 0) is 156 Å². The molecule has 0 bridgehead atoms. The van der Waals surface area contributed by atoms with Gasteiger partial charge in [-0.15, -0.1) is 35.8 Å². The molecular formula is C62H47N11O17S4. The molecule has 0 aliphatic rings. The number of para-hydroxylation sites is 1. The highest BCUT2D eigenvalue weighted by Gasteiger charge is 2.25. The Labute approximate surface area is 533 Å². The lowest BCUT2D eigenvalue weighted by Gasteiger charge is -2.13. The summed E-state index contributed by atoms with van der Waals surface area (Å²) in [6.45, 7) is 3.44. The highest BCUT2D eigenvalue weighted by molar-refractivity contribution is 7.86. The zero-order valence-electron chi connectivity index (χ0n) is 48.4. The van der Waals surface area contributed by atoms with E-state index in [1.807, 2.05) is 30.3 Å². The van der Waals surface area contributed by atoms with E-state index in [9.17, 15) is 72.3 Å². The van der Waals surface area contributed by atoms with Crippen molar-refractivity contribution in [1.82, 2.24) is 0 Å². The van der Waals surface area contributed by atoms with Gasteiger partial charge in [0, 0.05) is 39.4 Å². The predicted octanol–water partition coefficient (Wildman–Crippen LogP) is 17.0. The number of nitrogens with one attached hydrogen (secondary N) is 1. The van der Waals surface area contributed by atoms with Crippen LogP contribution in [0.5, 0.6) is 28.7 Å². The first-order valence-electron chi connectivity index (χ1n) is 27.4. The van der Waals surface area contributed by atoms with Gasteiger partial charge in [-0.25, -0.2) is 0 Å². The van der Waals surface area contributed by atoms with Gasteiger partial charge >= 0.3 is 0 Å². The normalized spacial score (nSPS) is 12.7. The molecule has 28 nitrogen and oxygen atoms in total. The van der Waals surface area contributed by atoms with Crippen LogP contribution in [0.3, 0.4) is 0 Å². The van der Waals surface area contributed by atoms with Gasteiger partial charge < -0.3 is 30.5 Å². The van der Waals surface area contributed by atoms with E-state index in [1.165, 1.54) is 60.7 Å². The first-order valence-corrected chi connectivity index (χ1v) is 33.2. The summed E-state index contributed by atoms with van der Waals surface area (Å²) in [5, 5.41) is 92.2. The molecule has 32 heteroatoms. The van der Waals surface area contributed by atoms with Crippen molar-refractivity contribution in [1.29, 1.82) is 0 Å². The van der Waals surface area contributed by atoms with Gasteiger partial charge in [-0.2, -0.15) is 49.0 Å². The van der Waals surface area contributed by atoms with Gasteiger partial charge in [0.15, 0.2) is 17.2 Å². The Morgan fingerprint density at radius 3 is 1.63 bits per heavy atom. The number of rotatable bonds is 19. The molecule has 11 aromatic carbocycles. The zero-order valence-corrected chi connectivity index (χ0v) is 51.7. The van der Waals surface area contributed by atoms with Gasteiger partial charge in [-0.1, -0.05) is 43.3 Å². The van der Waals surface area contributed by atoms with Crippen molar-refractivity contribution >= 4 is 152 Å². The summed E-state index contributed by atoms with van der Waals surface area (Å²) in [4.78, 5) is -2.85. The average molecular weight is 1350 g/mol. The number of fused-ring (bicyclic) bond motifs is 4. The van der Waals surface area contributed by atoms with Crippen LogP contribution in [0.2, 0.25) is 0 Å². The number of aromatic hydroxyl groups is 4. The number of hydrogen-bond donors (Lipinski definition) is 9. The van der Waals surface area contributed by atoms with Gasteiger partial charge in [0.2, 0.25) is 0 Å². The van der Waals surface area contributed by atoms with Crippen molar-refractivity contribution in [2.75, 3.05) is 11.9 Å². The van der Waals surface area contributed by atoms with Crippen LogP contribution < -0.4 is 10.1 Å². The molecule has 11 aromatic rings. The standard InChI is InChI=1S/C62H47N11O17S4/c1-3-23-90-54-32-50(69-71-52-30-40(91(78,79)80)27-36-28-41(92(81,82)83)31-53(74)57(36)52)33(2)24-51(54)70-73-59-56(94(87,88)89)29-35-26-39(15-17-43(35)62(59)77)65-72-58-44-18-22-49(61(76)45(44)19-21-47(58)63-37-9-5-4-6-10-37)67-64-38-14-16-42-34(25-38)13-20-48(60(42)75)68-66-46-11-7-8-12-55(46)93(84,85)86/h4-22,24-32,63,74-77H,3,23H2,1-2H3,(H,78,79,80)(H,81,82,83)(H,84,85,86)(H,87,88,89). The van der Waals surface area contributed by atoms with Gasteiger partial charge in [0.05, 0.1) is 50.2 Å². The third-order valence-corrected chi connectivity index (χ3v) is 17.6. The SMILES string of the molecule is CCCOc1cc(N=Nc2cc(S(=O)(=O)O)cc3cc(S(=O)(=O)O)cc(O)c23)c(C)cc1N=Nc1c(S(=O)(=O)O)cc2cc(N=Nc3c(Nc4ccccc4)ccc4c(O)c(N=Nc5ccc6c(O)c(N=Nc7ccccc7S(=O)(=O)O)ccc6c5)ccc34)ccc2c1O. The van der Waals surface area contributed by atoms with Crippen LogP contribution in [-0.2, 0) is 40.5 Å². The summed E-state index contributed by atoms with van der Waals surface area (Å²) >= 11 is 0. The molecular weight excluding hydrogens is 1300 g/mol. The summed E-state index contributed by atoms with van der Waals surface area (Å²) in [6.07, 6.45) is 0.477. The lowest BCUT2D eigenvalue weighted by atomic mass is 10.0. The van der Waals surface area contributed by atoms with Crippen molar-refractivity contribution in [2.24, 2.45) is 51.1 Å². The number of hydrogen-bond acceptors (Lipinski definition) is 24. The second kappa shape index (κ2) is 25.5. The summed E-state index contributed by atoms with van der Waals surface area (Å²) in [5.41, 5.74) is 1.09. The third kappa shape index (κ3) is 13.7. The van der Waals surface area contributed by atoms with Crippen LogP contribution in [0.4, 0.5) is 68.2 Å². The molecule has 9 N–H and O–H groups in total. The number of nitrogens with zero attached hydrogens (tertiary/aromatic N) is 10. The molecule has 0 saturated heterocycles. The molecule has 0 aromatic heterocycles. The van der Waals surface area contributed by atoms with E-state index in [0.29, 0.717) is 51.3 Å². The van der Waals surface area contributed by atoms with E-state index < -0.39 is 77.2 Å². The average Bonchev–Trinajstić information content (AvgIpc) is 0.780. The summed E-state index contributed by atoms with van der Waals surface area (Å²) < 4.78 is 144. The Morgan fingerprint density at radius 1 is 0.404 bits per heavy atom. The van der Waals surface area contributed by atoms with Crippen LogP contribution >= 0.6 is 0 Å². The van der Waals surface area contributed by atoms with Crippen molar-refractivity contribution in [3.05, 3.63) is 175 Å². The molecule has 0 atom stereocenters. The lowest BCUT2D eigenvalue weighted by Crippen LogP contribution is -2.00. The fourth-order valence-electron chi connectivity index (χ4n) is 9.72. The topological polar surface area (TPSA) is 443 Å².